The van der Waals surface area contributed by atoms with E-state index in [-0.39, 0.29) is 0 Å². The quantitative estimate of drug-likeness (QED) is 0.173. The molecule has 0 unspecified atom stereocenters. The van der Waals surface area contributed by atoms with Crippen molar-refractivity contribution >= 4 is 86.8 Å². The van der Waals surface area contributed by atoms with Crippen molar-refractivity contribution in [2.45, 2.75) is 0 Å². The number of aromatic nitrogens is 4. The first-order valence-corrected chi connectivity index (χ1v) is 22.3. The molecule has 14 aromatic rings. The van der Waals surface area contributed by atoms with Crippen LogP contribution in [0.3, 0.4) is 0 Å². The van der Waals surface area contributed by atoms with Gasteiger partial charge in [-0.1, -0.05) is 164 Å². The predicted molar refractivity (Wildman–Crippen MR) is 273 cm³/mol. The molecular weight excluding hydrogens is 805 g/mol. The molecule has 3 aromatic heterocycles. The van der Waals surface area contributed by atoms with Crippen molar-refractivity contribution in [1.82, 2.24) is 19.5 Å². The normalized spacial score (nSPS) is 11.9. The van der Waals surface area contributed by atoms with Crippen molar-refractivity contribution < 1.29 is 4.42 Å². The summed E-state index contributed by atoms with van der Waals surface area (Å²) in [6, 6.07) is 77.6. The van der Waals surface area contributed by atoms with Crippen molar-refractivity contribution in [1.29, 1.82) is 0 Å². The smallest absolute Gasteiger partial charge is 0.167 e. The van der Waals surface area contributed by atoms with Gasteiger partial charge in [-0.3, -0.25) is 0 Å². The van der Waals surface area contributed by atoms with Gasteiger partial charge < -0.3 is 8.98 Å². The van der Waals surface area contributed by atoms with E-state index in [4.69, 9.17) is 19.4 Å². The maximum absolute atomic E-state index is 7.17. The SMILES string of the molecule is c1ccc(-c2cccc(-c3nc(-c4cccc5ccccc45)nc(-c4ccc(-n5c6cc7ccccc7cc6c6cc7ccccc7cc65)c5c4oc4cc6ccccc6cc45)n3)c2)cc1. The van der Waals surface area contributed by atoms with Crippen molar-refractivity contribution in [2.75, 3.05) is 0 Å². The van der Waals surface area contributed by atoms with Crippen molar-refractivity contribution in [3.63, 3.8) is 0 Å². The zero-order valence-corrected chi connectivity index (χ0v) is 35.5. The molecule has 11 aromatic carbocycles. The van der Waals surface area contributed by atoms with E-state index >= 15 is 0 Å². The Morgan fingerprint density at radius 1 is 0.318 bits per heavy atom. The average Bonchev–Trinajstić information content (AvgIpc) is 3.90. The summed E-state index contributed by atoms with van der Waals surface area (Å²) >= 11 is 0. The Morgan fingerprint density at radius 2 is 0.818 bits per heavy atom. The molecule has 0 bridgehead atoms. The summed E-state index contributed by atoms with van der Waals surface area (Å²) < 4.78 is 9.61. The van der Waals surface area contributed by atoms with Gasteiger partial charge in [-0.25, -0.2) is 15.0 Å². The second kappa shape index (κ2) is 14.3. The van der Waals surface area contributed by atoms with E-state index in [1.165, 1.54) is 32.3 Å². The highest BCUT2D eigenvalue weighted by Gasteiger charge is 2.24. The summed E-state index contributed by atoms with van der Waals surface area (Å²) in [6.07, 6.45) is 0. The molecule has 5 heteroatoms. The van der Waals surface area contributed by atoms with E-state index in [0.717, 1.165) is 82.4 Å². The minimum absolute atomic E-state index is 0.535. The average molecular weight is 841 g/mol. The zero-order valence-electron chi connectivity index (χ0n) is 35.5. The number of furan rings is 1. The lowest BCUT2D eigenvalue weighted by Gasteiger charge is -2.14. The molecule has 0 atom stereocenters. The van der Waals surface area contributed by atoms with Crippen LogP contribution in [0, 0.1) is 0 Å². The Kier molecular flexibility index (Phi) is 7.91. The van der Waals surface area contributed by atoms with Gasteiger partial charge >= 0.3 is 0 Å². The minimum atomic E-state index is 0.535. The molecule has 0 spiro atoms. The largest absolute Gasteiger partial charge is 0.455 e. The molecule has 0 saturated heterocycles. The first kappa shape index (κ1) is 36.5. The van der Waals surface area contributed by atoms with Gasteiger partial charge in [-0.05, 0) is 109 Å². The lowest BCUT2D eigenvalue weighted by molar-refractivity contribution is 0.670. The Morgan fingerprint density at radius 3 is 1.50 bits per heavy atom. The van der Waals surface area contributed by atoms with Crippen LogP contribution in [0.15, 0.2) is 223 Å². The van der Waals surface area contributed by atoms with Crippen LogP contribution in [0.25, 0.3) is 138 Å². The van der Waals surface area contributed by atoms with Crippen LogP contribution in [-0.2, 0) is 0 Å². The Balaban J connectivity index is 1.09. The fourth-order valence-electron chi connectivity index (χ4n) is 10.2. The van der Waals surface area contributed by atoms with Gasteiger partial charge in [0.1, 0.15) is 11.2 Å². The Labute approximate surface area is 378 Å². The molecule has 0 saturated carbocycles. The van der Waals surface area contributed by atoms with Crippen LogP contribution in [0.4, 0.5) is 0 Å². The molecule has 14 rings (SSSR count). The van der Waals surface area contributed by atoms with Gasteiger partial charge in [-0.2, -0.15) is 0 Å². The second-order valence-corrected chi connectivity index (χ2v) is 17.2. The van der Waals surface area contributed by atoms with E-state index in [2.05, 4.69) is 217 Å². The van der Waals surface area contributed by atoms with Crippen LogP contribution in [-0.4, -0.2) is 19.5 Å². The standard InChI is InChI=1S/C61H36N4O/c1-2-14-37(15-3-1)39-24-12-25-46(30-39)59-62-60(48-27-13-23-38-16-10-11-26-47(38)48)64-61(63-59)49-28-29-53(57-52-33-42-19-6-9-22-45(42)36-56(52)66-58(49)57)65-54-34-43-20-7-4-17-40(43)31-50(54)51-32-41-18-5-8-21-44(41)35-55(51)65/h1-36H. The van der Waals surface area contributed by atoms with Crippen LogP contribution >= 0.6 is 0 Å². The first-order chi connectivity index (χ1) is 32.7. The number of fused-ring (bicyclic) bond motifs is 10. The molecule has 306 valence electrons. The Bertz CT molecular complexity index is 4200. The predicted octanol–water partition coefficient (Wildman–Crippen LogP) is 16.1. The van der Waals surface area contributed by atoms with Gasteiger partial charge in [0.15, 0.2) is 17.5 Å². The van der Waals surface area contributed by atoms with Crippen molar-refractivity contribution in [2.24, 2.45) is 0 Å². The topological polar surface area (TPSA) is 56.7 Å². The summed E-state index contributed by atoms with van der Waals surface area (Å²) in [5.74, 6) is 1.71. The van der Waals surface area contributed by atoms with Gasteiger partial charge in [-0.15, -0.1) is 0 Å². The third-order valence-corrected chi connectivity index (χ3v) is 13.3. The number of nitrogens with zero attached hydrogens (tertiary/aromatic N) is 4. The molecule has 0 fully saturated rings. The third-order valence-electron chi connectivity index (χ3n) is 13.3. The lowest BCUT2D eigenvalue weighted by atomic mass is 10.0. The first-order valence-electron chi connectivity index (χ1n) is 22.3. The van der Waals surface area contributed by atoms with Gasteiger partial charge in [0.2, 0.25) is 0 Å². The molecule has 0 aliphatic rings. The van der Waals surface area contributed by atoms with Crippen LogP contribution in [0.1, 0.15) is 0 Å². The molecule has 0 N–H and O–H groups in total. The summed E-state index contributed by atoms with van der Waals surface area (Å²) in [5, 5.41) is 13.6. The number of hydrogen-bond acceptors (Lipinski definition) is 4. The highest BCUT2D eigenvalue weighted by atomic mass is 16.3. The molecule has 66 heavy (non-hydrogen) atoms. The summed E-state index contributed by atoms with van der Waals surface area (Å²) in [6.45, 7) is 0. The van der Waals surface area contributed by atoms with E-state index in [1.54, 1.807) is 0 Å². The molecular formula is C61H36N4O. The Hall–Kier alpha value is -8.93. The highest BCUT2D eigenvalue weighted by molar-refractivity contribution is 6.21. The lowest BCUT2D eigenvalue weighted by Crippen LogP contribution is -2.02. The van der Waals surface area contributed by atoms with Crippen LogP contribution in [0.2, 0.25) is 0 Å². The number of rotatable bonds is 5. The monoisotopic (exact) mass is 840 g/mol. The zero-order chi connectivity index (χ0) is 43.3. The minimum Gasteiger partial charge on any atom is -0.455 e. The maximum atomic E-state index is 7.17. The maximum Gasteiger partial charge on any atom is 0.167 e. The van der Waals surface area contributed by atoms with Crippen LogP contribution < -0.4 is 0 Å². The fraction of sp³-hybridized carbons (Fsp3) is 0. The van der Waals surface area contributed by atoms with E-state index < -0.39 is 0 Å². The van der Waals surface area contributed by atoms with E-state index in [0.29, 0.717) is 23.1 Å². The van der Waals surface area contributed by atoms with E-state index in [9.17, 15) is 0 Å². The van der Waals surface area contributed by atoms with Gasteiger partial charge in [0.05, 0.1) is 27.7 Å². The molecule has 0 amide bonds. The molecule has 0 radical (unpaired) electrons. The second-order valence-electron chi connectivity index (χ2n) is 17.2. The summed E-state index contributed by atoms with van der Waals surface area (Å²) in [5.41, 5.74) is 9.62. The molecule has 3 heterocycles. The van der Waals surface area contributed by atoms with Gasteiger partial charge in [0, 0.05) is 27.3 Å². The summed E-state index contributed by atoms with van der Waals surface area (Å²) in [4.78, 5) is 16.0. The van der Waals surface area contributed by atoms with Crippen molar-refractivity contribution in [3.05, 3.63) is 218 Å². The fourth-order valence-corrected chi connectivity index (χ4v) is 10.2. The third kappa shape index (κ3) is 5.70. The van der Waals surface area contributed by atoms with Crippen LogP contribution in [0.5, 0.6) is 0 Å². The van der Waals surface area contributed by atoms with E-state index in [1.807, 2.05) is 6.07 Å². The van der Waals surface area contributed by atoms with Crippen molar-refractivity contribution in [3.8, 4) is 51.0 Å². The molecule has 5 nitrogen and oxygen atoms in total. The number of hydrogen-bond donors (Lipinski definition) is 0. The number of benzene rings is 11. The molecule has 0 aliphatic heterocycles. The van der Waals surface area contributed by atoms with Gasteiger partial charge in [0.25, 0.3) is 0 Å². The summed E-state index contributed by atoms with van der Waals surface area (Å²) in [7, 11) is 0. The molecule has 0 aliphatic carbocycles. The highest BCUT2D eigenvalue weighted by Crippen LogP contribution is 2.45.